The van der Waals surface area contributed by atoms with Crippen LogP contribution in [-0.4, -0.2) is 57.2 Å². The van der Waals surface area contributed by atoms with Crippen LogP contribution in [0.15, 0.2) is 59.8 Å². The number of hydrogen-bond donors (Lipinski definition) is 0. The molecule has 0 spiro atoms. The van der Waals surface area contributed by atoms with E-state index in [1.807, 2.05) is 62.9 Å². The monoisotopic (exact) mass is 434 g/mol. The van der Waals surface area contributed by atoms with Crippen molar-refractivity contribution in [1.29, 1.82) is 0 Å². The van der Waals surface area contributed by atoms with Crippen molar-refractivity contribution in [2.24, 2.45) is 5.92 Å². The predicted molar refractivity (Wildman–Crippen MR) is 121 cm³/mol. The number of amides is 2. The van der Waals surface area contributed by atoms with E-state index < -0.39 is 0 Å². The van der Waals surface area contributed by atoms with E-state index in [4.69, 9.17) is 0 Å². The Morgan fingerprint density at radius 2 is 1.71 bits per heavy atom. The average Bonchev–Trinajstić information content (AvgIpc) is 3.19. The Hall–Kier alpha value is -2.80. The molecule has 1 saturated heterocycles. The number of aromatic nitrogens is 2. The van der Waals surface area contributed by atoms with Crippen LogP contribution in [0, 0.1) is 5.92 Å². The minimum atomic E-state index is 0.0487. The summed E-state index contributed by atoms with van der Waals surface area (Å²) in [5.74, 6) is 1.34. The van der Waals surface area contributed by atoms with E-state index in [1.165, 1.54) is 6.42 Å². The van der Waals surface area contributed by atoms with Crippen LogP contribution >= 0.6 is 11.8 Å². The summed E-state index contributed by atoms with van der Waals surface area (Å²) in [5, 5.41) is 0. The fourth-order valence-corrected chi connectivity index (χ4v) is 4.92. The first-order valence-corrected chi connectivity index (χ1v) is 11.9. The molecule has 0 radical (unpaired) electrons. The molecular formula is C24H26N4O2S. The summed E-state index contributed by atoms with van der Waals surface area (Å²) < 4.78 is 2.02. The van der Waals surface area contributed by atoms with Gasteiger partial charge >= 0.3 is 0 Å². The summed E-state index contributed by atoms with van der Waals surface area (Å²) in [6.45, 7) is 2.52. The van der Waals surface area contributed by atoms with Gasteiger partial charge in [0.05, 0.1) is 5.69 Å². The van der Waals surface area contributed by atoms with E-state index in [1.54, 1.807) is 11.8 Å². The van der Waals surface area contributed by atoms with Crippen molar-refractivity contribution in [2.45, 2.75) is 29.9 Å². The third-order valence-corrected chi connectivity index (χ3v) is 7.28. The third-order valence-electron chi connectivity index (χ3n) is 6.23. The minimum Gasteiger partial charge on any atom is -0.339 e. The van der Waals surface area contributed by atoms with Gasteiger partial charge in [0.1, 0.15) is 5.65 Å². The zero-order valence-corrected chi connectivity index (χ0v) is 18.3. The van der Waals surface area contributed by atoms with E-state index in [0.717, 1.165) is 34.8 Å². The molecule has 2 aromatic heterocycles. The van der Waals surface area contributed by atoms with E-state index in [0.29, 0.717) is 31.7 Å². The van der Waals surface area contributed by atoms with E-state index in [2.05, 4.69) is 11.2 Å². The van der Waals surface area contributed by atoms with Crippen LogP contribution in [0.3, 0.4) is 0 Å². The Balaban J connectivity index is 1.14. The molecule has 6 nitrogen and oxygen atoms in total. The van der Waals surface area contributed by atoms with Gasteiger partial charge in [-0.3, -0.25) is 9.59 Å². The number of carbonyl (C=O) groups is 2. The predicted octanol–water partition coefficient (Wildman–Crippen LogP) is 3.71. The van der Waals surface area contributed by atoms with Crippen molar-refractivity contribution < 1.29 is 9.59 Å². The van der Waals surface area contributed by atoms with Crippen molar-refractivity contribution in [3.8, 4) is 0 Å². The highest BCUT2D eigenvalue weighted by molar-refractivity contribution is 7.98. The zero-order chi connectivity index (χ0) is 21.2. The van der Waals surface area contributed by atoms with E-state index >= 15 is 0 Å². The number of nitrogens with zero attached hydrogens (tertiary/aromatic N) is 4. The van der Waals surface area contributed by atoms with Crippen LogP contribution in [0.4, 0.5) is 0 Å². The number of imidazole rings is 1. The molecule has 160 valence electrons. The summed E-state index contributed by atoms with van der Waals surface area (Å²) in [7, 11) is 0. The molecule has 3 aromatic rings. The number of hydrogen-bond acceptors (Lipinski definition) is 4. The number of benzene rings is 1. The van der Waals surface area contributed by atoms with Crippen LogP contribution < -0.4 is 0 Å². The smallest absolute Gasteiger partial charge is 0.253 e. The molecule has 5 rings (SSSR count). The molecule has 2 aliphatic rings. The van der Waals surface area contributed by atoms with Gasteiger partial charge in [-0.15, -0.1) is 11.8 Å². The average molecular weight is 435 g/mol. The largest absolute Gasteiger partial charge is 0.339 e. The molecule has 31 heavy (non-hydrogen) atoms. The molecule has 0 atom stereocenters. The standard InChI is InChI=1S/C24H26N4O2S/c29-23(18-4-3-5-18)26-12-14-27(15-13-26)24(30)19-7-9-21(10-8-19)31-17-20-16-28-11-2-1-6-22(28)25-20/h1-2,6-11,16,18H,3-5,12-15,17H2. The van der Waals surface area contributed by atoms with Crippen molar-refractivity contribution in [2.75, 3.05) is 26.2 Å². The quantitative estimate of drug-likeness (QED) is 0.575. The van der Waals surface area contributed by atoms with Crippen LogP contribution in [0.2, 0.25) is 0 Å². The van der Waals surface area contributed by atoms with E-state index in [9.17, 15) is 9.59 Å². The highest BCUT2D eigenvalue weighted by atomic mass is 32.2. The number of piperazine rings is 1. The lowest BCUT2D eigenvalue weighted by atomic mass is 9.84. The van der Waals surface area contributed by atoms with Crippen LogP contribution in [0.25, 0.3) is 5.65 Å². The van der Waals surface area contributed by atoms with Gasteiger partial charge in [-0.2, -0.15) is 0 Å². The van der Waals surface area contributed by atoms with Gasteiger partial charge in [0.15, 0.2) is 0 Å². The van der Waals surface area contributed by atoms with Gasteiger partial charge < -0.3 is 14.2 Å². The molecule has 1 aliphatic heterocycles. The molecular weight excluding hydrogens is 408 g/mol. The summed E-state index contributed by atoms with van der Waals surface area (Å²) in [5.41, 5.74) is 2.69. The van der Waals surface area contributed by atoms with Gasteiger partial charge in [-0.05, 0) is 49.2 Å². The number of thioether (sulfide) groups is 1. The number of fused-ring (bicyclic) bond motifs is 1. The highest BCUT2D eigenvalue weighted by Gasteiger charge is 2.32. The summed E-state index contributed by atoms with van der Waals surface area (Å²) >= 11 is 1.71. The normalized spacial score (nSPS) is 17.0. The lowest BCUT2D eigenvalue weighted by Crippen LogP contribution is -2.52. The summed E-state index contributed by atoms with van der Waals surface area (Å²) in [4.78, 5) is 34.8. The zero-order valence-electron chi connectivity index (χ0n) is 17.4. The van der Waals surface area contributed by atoms with Gasteiger partial charge in [0.2, 0.25) is 5.91 Å². The maximum absolute atomic E-state index is 12.9. The van der Waals surface area contributed by atoms with Crippen LogP contribution in [0.1, 0.15) is 35.3 Å². The Labute approximate surface area is 186 Å². The Morgan fingerprint density at radius 3 is 2.39 bits per heavy atom. The molecule has 2 fully saturated rings. The van der Waals surface area contributed by atoms with Crippen molar-refractivity contribution in [3.05, 3.63) is 66.1 Å². The second kappa shape index (κ2) is 8.75. The number of pyridine rings is 1. The number of carbonyl (C=O) groups excluding carboxylic acids is 2. The Morgan fingerprint density at radius 1 is 0.968 bits per heavy atom. The molecule has 3 heterocycles. The summed E-state index contributed by atoms with van der Waals surface area (Å²) in [6.07, 6.45) is 7.27. The molecule has 0 unspecified atom stereocenters. The lowest BCUT2D eigenvalue weighted by molar-refractivity contribution is -0.139. The fourth-order valence-electron chi connectivity index (χ4n) is 4.13. The first-order valence-electron chi connectivity index (χ1n) is 10.9. The highest BCUT2D eigenvalue weighted by Crippen LogP contribution is 2.29. The minimum absolute atomic E-state index is 0.0487. The molecule has 7 heteroatoms. The Kier molecular flexibility index (Phi) is 5.68. The second-order valence-corrected chi connectivity index (χ2v) is 9.31. The third kappa shape index (κ3) is 4.32. The van der Waals surface area contributed by atoms with E-state index in [-0.39, 0.29) is 17.7 Å². The fraction of sp³-hybridized carbons (Fsp3) is 0.375. The van der Waals surface area contributed by atoms with Crippen molar-refractivity contribution in [1.82, 2.24) is 19.2 Å². The molecule has 1 saturated carbocycles. The maximum Gasteiger partial charge on any atom is 0.253 e. The first-order chi connectivity index (χ1) is 15.2. The maximum atomic E-state index is 12.9. The van der Waals surface area contributed by atoms with Gasteiger partial charge in [0.25, 0.3) is 5.91 Å². The van der Waals surface area contributed by atoms with Crippen LogP contribution in [-0.2, 0) is 10.5 Å². The molecule has 0 N–H and O–H groups in total. The number of rotatable bonds is 5. The molecule has 1 aromatic carbocycles. The Bertz CT molecular complexity index is 1050. The summed E-state index contributed by atoms with van der Waals surface area (Å²) in [6, 6.07) is 13.8. The molecule has 2 amide bonds. The topological polar surface area (TPSA) is 57.9 Å². The second-order valence-electron chi connectivity index (χ2n) is 8.26. The molecule has 1 aliphatic carbocycles. The van der Waals surface area contributed by atoms with Crippen molar-refractivity contribution >= 4 is 29.2 Å². The van der Waals surface area contributed by atoms with Gasteiger partial charge in [-0.25, -0.2) is 4.98 Å². The first kappa shape index (κ1) is 20.1. The van der Waals surface area contributed by atoms with Crippen molar-refractivity contribution in [3.63, 3.8) is 0 Å². The lowest BCUT2D eigenvalue weighted by Gasteiger charge is -2.38. The molecule has 0 bridgehead atoms. The SMILES string of the molecule is O=C(c1ccc(SCc2cn3ccccc3n2)cc1)N1CCN(C(=O)C2CCC2)CC1. The van der Waals surface area contributed by atoms with Gasteiger partial charge in [0, 0.05) is 60.7 Å². The van der Waals surface area contributed by atoms with Crippen LogP contribution in [0.5, 0.6) is 0 Å². The van der Waals surface area contributed by atoms with Gasteiger partial charge in [-0.1, -0.05) is 12.5 Å².